The smallest absolute Gasteiger partial charge is 0.251 e. The number of carbonyl (C=O) groups is 1. The maximum atomic E-state index is 12.0. The molecule has 1 saturated carbocycles. The van der Waals surface area contributed by atoms with Gasteiger partial charge in [-0.1, -0.05) is 0 Å². The monoisotopic (exact) mass is 329 g/mol. The fraction of sp³-hybridized carbons (Fsp3) is 0.588. The van der Waals surface area contributed by atoms with Crippen LogP contribution >= 0.6 is 0 Å². The number of carbonyl (C=O) groups excluding carboxylic acids is 1. The number of rotatable bonds is 3. The Bertz CT molecular complexity index is 744. The van der Waals surface area contributed by atoms with Crippen molar-refractivity contribution >= 4 is 22.8 Å². The third kappa shape index (κ3) is 2.43. The third-order valence-electron chi connectivity index (χ3n) is 5.61. The molecule has 128 valence electrons. The zero-order valence-corrected chi connectivity index (χ0v) is 14.0. The number of nitrogens with one attached hydrogen (secondary N) is 1. The highest BCUT2D eigenvalue weighted by atomic mass is 16.3. The average molecular weight is 329 g/mol. The first kappa shape index (κ1) is 15.4. The molecule has 2 aliphatic rings. The van der Waals surface area contributed by atoms with Gasteiger partial charge in [-0.25, -0.2) is 9.97 Å². The Labute approximate surface area is 140 Å². The minimum absolute atomic E-state index is 0.140. The quantitative estimate of drug-likeness (QED) is 0.878. The SMILES string of the molecule is C[C@@H](O)C(=O)N1CC2C[C@@H](N(C)c3ncnc4[nH]ccc34)C[C@H]2C1. The maximum absolute atomic E-state index is 12.0. The van der Waals surface area contributed by atoms with Gasteiger partial charge >= 0.3 is 0 Å². The van der Waals surface area contributed by atoms with E-state index < -0.39 is 6.10 Å². The summed E-state index contributed by atoms with van der Waals surface area (Å²) in [5.41, 5.74) is 0.860. The predicted octanol–water partition coefficient (Wildman–Crippen LogP) is 1.01. The van der Waals surface area contributed by atoms with Crippen molar-refractivity contribution in [2.24, 2.45) is 11.8 Å². The van der Waals surface area contributed by atoms with Gasteiger partial charge in [-0.15, -0.1) is 0 Å². The van der Waals surface area contributed by atoms with E-state index in [0.717, 1.165) is 42.8 Å². The van der Waals surface area contributed by atoms with Crippen LogP contribution in [-0.4, -0.2) is 63.1 Å². The average Bonchev–Trinajstić information content (AvgIpc) is 3.26. The lowest BCUT2D eigenvalue weighted by atomic mass is 10.0. The van der Waals surface area contributed by atoms with E-state index in [1.165, 1.54) is 0 Å². The Morgan fingerprint density at radius 1 is 1.38 bits per heavy atom. The van der Waals surface area contributed by atoms with E-state index in [1.807, 2.05) is 17.2 Å². The van der Waals surface area contributed by atoms with Gasteiger partial charge in [-0.05, 0) is 37.7 Å². The van der Waals surface area contributed by atoms with E-state index in [9.17, 15) is 9.90 Å². The lowest BCUT2D eigenvalue weighted by Crippen LogP contribution is -2.38. The molecule has 2 aromatic heterocycles. The Kier molecular flexibility index (Phi) is 3.68. The molecule has 0 aromatic carbocycles. The molecular formula is C17H23N5O2. The molecule has 2 aromatic rings. The zero-order valence-electron chi connectivity index (χ0n) is 14.0. The number of fused-ring (bicyclic) bond motifs is 2. The van der Waals surface area contributed by atoms with Gasteiger partial charge in [0.25, 0.3) is 5.91 Å². The van der Waals surface area contributed by atoms with E-state index >= 15 is 0 Å². The van der Waals surface area contributed by atoms with Gasteiger partial charge in [0, 0.05) is 32.4 Å². The number of hydrogen-bond acceptors (Lipinski definition) is 5. The van der Waals surface area contributed by atoms with E-state index in [-0.39, 0.29) is 5.91 Å². The summed E-state index contributed by atoms with van der Waals surface area (Å²) in [6.45, 7) is 3.08. The first-order chi connectivity index (χ1) is 11.5. The van der Waals surface area contributed by atoms with Crippen LogP contribution in [0.5, 0.6) is 0 Å². The summed E-state index contributed by atoms with van der Waals surface area (Å²) < 4.78 is 0. The third-order valence-corrected chi connectivity index (χ3v) is 5.61. The molecule has 1 unspecified atom stereocenters. The topological polar surface area (TPSA) is 85.3 Å². The molecule has 24 heavy (non-hydrogen) atoms. The molecule has 0 spiro atoms. The van der Waals surface area contributed by atoms with Gasteiger partial charge in [-0.2, -0.15) is 0 Å². The van der Waals surface area contributed by atoms with Crippen LogP contribution in [0.1, 0.15) is 19.8 Å². The highest BCUT2D eigenvalue weighted by Gasteiger charge is 2.44. The van der Waals surface area contributed by atoms with E-state index in [0.29, 0.717) is 17.9 Å². The number of likely N-dealkylation sites (tertiary alicyclic amines) is 1. The van der Waals surface area contributed by atoms with E-state index in [4.69, 9.17) is 0 Å². The van der Waals surface area contributed by atoms with Gasteiger partial charge in [0.1, 0.15) is 23.9 Å². The molecule has 1 amide bonds. The molecule has 1 aliphatic carbocycles. The van der Waals surface area contributed by atoms with E-state index in [2.05, 4.69) is 26.9 Å². The van der Waals surface area contributed by atoms with Crippen LogP contribution in [0.4, 0.5) is 5.82 Å². The number of aromatic nitrogens is 3. The van der Waals surface area contributed by atoms with Gasteiger partial charge in [-0.3, -0.25) is 4.79 Å². The minimum atomic E-state index is -0.898. The van der Waals surface area contributed by atoms with E-state index in [1.54, 1.807) is 13.3 Å². The molecule has 0 bridgehead atoms. The second-order valence-corrected chi connectivity index (χ2v) is 7.11. The molecule has 1 saturated heterocycles. The number of H-pyrrole nitrogens is 1. The van der Waals surface area contributed by atoms with Crippen molar-refractivity contribution in [1.82, 2.24) is 19.9 Å². The number of amides is 1. The maximum Gasteiger partial charge on any atom is 0.251 e. The zero-order chi connectivity index (χ0) is 16.8. The summed E-state index contributed by atoms with van der Waals surface area (Å²) in [5.74, 6) is 1.86. The minimum Gasteiger partial charge on any atom is -0.384 e. The molecule has 2 fully saturated rings. The van der Waals surface area contributed by atoms with Crippen LogP contribution in [-0.2, 0) is 4.79 Å². The summed E-state index contributed by atoms with van der Waals surface area (Å²) in [7, 11) is 2.10. The van der Waals surface area contributed by atoms with Crippen LogP contribution in [0.2, 0.25) is 0 Å². The molecule has 0 radical (unpaired) electrons. The van der Waals surface area contributed by atoms with Crippen LogP contribution < -0.4 is 4.90 Å². The Balaban J connectivity index is 1.47. The fourth-order valence-corrected chi connectivity index (χ4v) is 4.34. The highest BCUT2D eigenvalue weighted by molar-refractivity contribution is 5.87. The van der Waals surface area contributed by atoms with Crippen LogP contribution in [0.25, 0.3) is 11.0 Å². The highest BCUT2D eigenvalue weighted by Crippen LogP contribution is 2.41. The molecule has 4 rings (SSSR count). The summed E-state index contributed by atoms with van der Waals surface area (Å²) in [4.78, 5) is 27.9. The number of aromatic amines is 1. The molecule has 4 atom stereocenters. The fourth-order valence-electron chi connectivity index (χ4n) is 4.34. The summed E-state index contributed by atoms with van der Waals surface area (Å²) in [6.07, 6.45) is 4.70. The molecule has 2 N–H and O–H groups in total. The van der Waals surface area contributed by atoms with Crippen LogP contribution in [0.15, 0.2) is 18.6 Å². The van der Waals surface area contributed by atoms with Crippen LogP contribution in [0, 0.1) is 11.8 Å². The predicted molar refractivity (Wildman–Crippen MR) is 90.6 cm³/mol. The Hall–Kier alpha value is -2.15. The van der Waals surface area contributed by atoms with Crippen molar-refractivity contribution in [1.29, 1.82) is 0 Å². The van der Waals surface area contributed by atoms with Gasteiger partial charge in [0.15, 0.2) is 0 Å². The van der Waals surface area contributed by atoms with Crippen molar-refractivity contribution in [3.8, 4) is 0 Å². The van der Waals surface area contributed by atoms with Crippen molar-refractivity contribution in [3.05, 3.63) is 18.6 Å². The molecule has 3 heterocycles. The van der Waals surface area contributed by atoms with Crippen molar-refractivity contribution in [2.45, 2.75) is 31.9 Å². The van der Waals surface area contributed by atoms with Gasteiger partial charge in [0.05, 0.1) is 5.39 Å². The van der Waals surface area contributed by atoms with Gasteiger partial charge < -0.3 is 19.9 Å². The number of aliphatic hydroxyl groups excluding tert-OH is 1. The second kappa shape index (κ2) is 5.73. The molecule has 7 nitrogen and oxygen atoms in total. The number of hydrogen-bond donors (Lipinski definition) is 2. The number of aliphatic hydroxyl groups is 1. The number of anilines is 1. The summed E-state index contributed by atoms with van der Waals surface area (Å²) in [5, 5.41) is 10.5. The summed E-state index contributed by atoms with van der Waals surface area (Å²) >= 11 is 0. The standard InChI is InChI=1S/C17H23N5O2/c1-10(23)17(24)22-7-11-5-13(6-12(11)8-22)21(2)16-14-3-4-18-15(14)19-9-20-16/h3-4,9-13,23H,5-8H2,1-2H3,(H,18,19,20)/t10-,11+,12?,13+/m1/s1. The lowest BCUT2D eigenvalue weighted by molar-refractivity contribution is -0.138. The lowest BCUT2D eigenvalue weighted by Gasteiger charge is -2.28. The Morgan fingerprint density at radius 2 is 2.08 bits per heavy atom. The van der Waals surface area contributed by atoms with Gasteiger partial charge in [0.2, 0.25) is 0 Å². The first-order valence-corrected chi connectivity index (χ1v) is 8.52. The molecule has 1 aliphatic heterocycles. The van der Waals surface area contributed by atoms with Crippen molar-refractivity contribution < 1.29 is 9.90 Å². The largest absolute Gasteiger partial charge is 0.384 e. The molecular weight excluding hydrogens is 306 g/mol. The van der Waals surface area contributed by atoms with Crippen molar-refractivity contribution in [2.75, 3.05) is 25.0 Å². The normalized spacial score (nSPS) is 27.5. The summed E-state index contributed by atoms with van der Waals surface area (Å²) in [6, 6.07) is 2.44. The molecule has 7 heteroatoms. The number of nitrogens with zero attached hydrogens (tertiary/aromatic N) is 4. The second-order valence-electron chi connectivity index (χ2n) is 7.11. The first-order valence-electron chi connectivity index (χ1n) is 8.52. The van der Waals surface area contributed by atoms with Crippen molar-refractivity contribution in [3.63, 3.8) is 0 Å². The van der Waals surface area contributed by atoms with Crippen LogP contribution in [0.3, 0.4) is 0 Å². The Morgan fingerprint density at radius 3 is 2.75 bits per heavy atom.